The predicted molar refractivity (Wildman–Crippen MR) is 223 cm³/mol. The minimum atomic E-state index is -2.57. The molecule has 0 fully saturated rings. The van der Waals surface area contributed by atoms with Crippen molar-refractivity contribution in [3.8, 4) is 0 Å². The fourth-order valence-electron chi connectivity index (χ4n) is 7.39. The highest BCUT2D eigenvalue weighted by Gasteiger charge is 2.38. The molecule has 0 amide bonds. The van der Waals surface area contributed by atoms with E-state index in [1.807, 2.05) is 0 Å². The van der Waals surface area contributed by atoms with Crippen molar-refractivity contribution in [2.75, 3.05) is 0 Å². The van der Waals surface area contributed by atoms with Crippen molar-refractivity contribution in [3.63, 3.8) is 0 Å². The predicted octanol–water partition coefficient (Wildman–Crippen LogP) is 7.14. The molecule has 1 heterocycles. The summed E-state index contributed by atoms with van der Waals surface area (Å²) in [4.78, 5) is 0. The van der Waals surface area contributed by atoms with Crippen LogP contribution in [0.15, 0.2) is 206 Å². The molecule has 8 aromatic rings. The van der Waals surface area contributed by atoms with Gasteiger partial charge < -0.3 is 0 Å². The Bertz CT molecular complexity index is 2030. The van der Waals surface area contributed by atoms with Crippen molar-refractivity contribution in [1.29, 1.82) is 0 Å². The minimum Gasteiger partial charge on any atom is -0.172 e. The second-order valence-electron chi connectivity index (χ2n) is 12.7. The lowest BCUT2D eigenvalue weighted by Gasteiger charge is -2.31. The summed E-state index contributed by atoms with van der Waals surface area (Å²) in [5, 5.41) is 8.05. The van der Waals surface area contributed by atoms with Gasteiger partial charge in [0.05, 0.1) is 11.7 Å². The Morgan fingerprint density at radius 3 is 0.784 bits per heavy atom. The molecule has 1 aromatic heterocycles. The number of aromatic nitrogens is 2. The molecule has 0 saturated heterocycles. The molecule has 7 aromatic carbocycles. The van der Waals surface area contributed by atoms with E-state index in [2.05, 4.69) is 218 Å². The summed E-state index contributed by atoms with van der Waals surface area (Å²) in [6.45, 7) is 0. The van der Waals surface area contributed by atoms with Gasteiger partial charge in [-0.1, -0.05) is 218 Å². The number of hydrogen-bond donors (Lipinski definition) is 0. The highest BCUT2D eigenvalue weighted by molar-refractivity contribution is 7.15. The van der Waals surface area contributed by atoms with E-state index in [1.54, 1.807) is 0 Å². The summed E-state index contributed by atoms with van der Waals surface area (Å²) in [5.41, 5.74) is 8.98. The summed E-state index contributed by atoms with van der Waals surface area (Å²) < 4.78 is 9.78. The van der Waals surface area contributed by atoms with Crippen LogP contribution in [-0.2, 0) is 0 Å². The van der Waals surface area contributed by atoms with Crippen molar-refractivity contribution in [3.05, 3.63) is 217 Å². The highest BCUT2D eigenvalue weighted by atomic mass is 32.1. The van der Waals surface area contributed by atoms with Gasteiger partial charge in [0.2, 0.25) is 0 Å². The van der Waals surface area contributed by atoms with Crippen molar-refractivity contribution >= 4 is 82.2 Å². The van der Waals surface area contributed by atoms with Gasteiger partial charge in [0, 0.05) is 11.1 Å². The molecule has 244 valence electrons. The molecule has 0 N–H and O–H groups in total. The van der Waals surface area contributed by atoms with E-state index in [1.165, 1.54) is 42.8 Å². The van der Waals surface area contributed by atoms with Crippen LogP contribution < -0.4 is 31.1 Å². The highest BCUT2D eigenvalue weighted by Crippen LogP contribution is 2.25. The molecule has 0 radical (unpaired) electrons. The van der Waals surface area contributed by atoms with E-state index in [-0.39, 0.29) is 0 Å². The lowest BCUT2D eigenvalue weighted by atomic mass is 10.1. The van der Waals surface area contributed by atoms with Crippen molar-refractivity contribution < 1.29 is 0 Å². The molecule has 0 spiro atoms. The van der Waals surface area contributed by atoms with Gasteiger partial charge in [-0.15, -0.1) is 0 Å². The van der Waals surface area contributed by atoms with Crippen LogP contribution in [0, 0.1) is 0 Å². The number of nitrogens with zero attached hydrogens (tertiary/aromatic N) is 2. The van der Waals surface area contributed by atoms with Gasteiger partial charge in [-0.3, -0.25) is 0 Å². The molecule has 0 atom stereocenters. The largest absolute Gasteiger partial charge is 0.172 e. The van der Waals surface area contributed by atoms with Crippen LogP contribution in [0.4, 0.5) is 0 Å². The van der Waals surface area contributed by atoms with Crippen molar-refractivity contribution in [2.24, 2.45) is 0 Å². The summed E-state index contributed by atoms with van der Waals surface area (Å²) >= 11 is 1.28. The van der Waals surface area contributed by atoms with Gasteiger partial charge in [-0.2, -0.15) is 8.75 Å². The molecule has 2 nitrogen and oxygen atoms in total. The second-order valence-corrected chi connectivity index (χ2v) is 20.6. The molecule has 0 saturated carbocycles. The van der Waals surface area contributed by atoms with Crippen molar-refractivity contribution in [2.45, 2.75) is 0 Å². The maximum Gasteiger partial charge on any atom is 0.172 e. The van der Waals surface area contributed by atoms with Crippen molar-refractivity contribution in [1.82, 2.24) is 8.75 Å². The first-order valence-electron chi connectivity index (χ1n) is 17.3. The van der Waals surface area contributed by atoms with Gasteiger partial charge in [0.25, 0.3) is 0 Å². The van der Waals surface area contributed by atoms with E-state index < -0.39 is 16.1 Å². The van der Waals surface area contributed by atoms with Gasteiger partial charge in [-0.25, -0.2) is 0 Å². The maximum absolute atomic E-state index is 4.89. The van der Waals surface area contributed by atoms with E-state index >= 15 is 0 Å². The number of benzene rings is 7. The smallest absolute Gasteiger partial charge is 0.172 e. The third-order valence-electron chi connectivity index (χ3n) is 9.88. The fourth-order valence-corrected chi connectivity index (χ4v) is 16.3. The number of hydrogen-bond acceptors (Lipinski definition) is 3. The summed E-state index contributed by atoms with van der Waals surface area (Å²) in [7, 11) is -5.15. The van der Waals surface area contributed by atoms with E-state index in [9.17, 15) is 0 Å². The number of fused-ring (bicyclic) bond motifs is 1. The summed E-state index contributed by atoms with van der Waals surface area (Å²) in [6.07, 6.45) is 4.60. The Morgan fingerprint density at radius 2 is 0.549 bits per heavy atom. The van der Waals surface area contributed by atoms with E-state index in [0.717, 1.165) is 22.2 Å². The quantitative estimate of drug-likeness (QED) is 0.112. The Morgan fingerprint density at radius 1 is 0.314 bits per heavy atom. The normalized spacial score (nSPS) is 12.2. The molecule has 51 heavy (non-hydrogen) atoms. The number of rotatable bonds is 10. The van der Waals surface area contributed by atoms with Gasteiger partial charge in [0.1, 0.15) is 11.0 Å². The molecule has 8 rings (SSSR count). The Hall–Kier alpha value is -5.73. The lowest BCUT2D eigenvalue weighted by molar-refractivity contribution is 1.59. The maximum atomic E-state index is 4.89. The molecule has 0 aliphatic carbocycles. The third kappa shape index (κ3) is 6.17. The van der Waals surface area contributed by atoms with Crippen LogP contribution in [-0.4, -0.2) is 24.9 Å². The molecule has 0 aliphatic heterocycles. The van der Waals surface area contributed by atoms with Gasteiger partial charge >= 0.3 is 0 Å². The summed E-state index contributed by atoms with van der Waals surface area (Å²) in [5.74, 6) is 0. The minimum absolute atomic E-state index is 0.932. The SMILES string of the molecule is C(=C[Si](c1ccccc1)(c1ccccc1)c1ccccc1)c1ccc(C=C[Si](c2ccccc2)(c2ccccc2)c2ccccc2)c2nsnc12. The molecule has 0 unspecified atom stereocenters. The zero-order valence-electron chi connectivity index (χ0n) is 28.1. The van der Waals surface area contributed by atoms with Crippen LogP contribution >= 0.6 is 11.7 Å². The fraction of sp³-hybridized carbons (Fsp3) is 0. The zero-order chi connectivity index (χ0) is 34.4. The molecule has 0 aliphatic rings. The monoisotopic (exact) mass is 704 g/mol. The van der Waals surface area contributed by atoms with Crippen LogP contribution in [0.1, 0.15) is 11.1 Å². The first-order valence-corrected chi connectivity index (χ1v) is 22.1. The lowest BCUT2D eigenvalue weighted by Crippen LogP contribution is -2.66. The average molecular weight is 705 g/mol. The first kappa shape index (κ1) is 32.5. The molecular formula is C46H36N2SSi2. The van der Waals surface area contributed by atoms with Gasteiger partial charge in [0.15, 0.2) is 16.1 Å². The zero-order valence-corrected chi connectivity index (χ0v) is 30.9. The van der Waals surface area contributed by atoms with Crippen LogP contribution in [0.5, 0.6) is 0 Å². The van der Waals surface area contributed by atoms with Gasteiger partial charge in [-0.05, 0) is 31.1 Å². The van der Waals surface area contributed by atoms with E-state index in [0.29, 0.717) is 0 Å². The standard InChI is InChI=1S/C46H36N2SSi2/c1-7-19-39(20-8-1)50(40-21-9-2-10-22-40,41-23-11-3-12-24-41)35-33-37-31-32-38(46-45(37)47-49-48-46)34-36-51(42-25-13-4-14-26-42,43-27-15-5-16-28-43)44-29-17-6-18-30-44/h1-36H. The Labute approximate surface area is 306 Å². The Kier molecular flexibility index (Phi) is 9.32. The topological polar surface area (TPSA) is 25.8 Å². The summed E-state index contributed by atoms with van der Waals surface area (Å²) in [6, 6.07) is 70.3. The molecular weight excluding hydrogens is 669 g/mol. The third-order valence-corrected chi connectivity index (χ3v) is 19.2. The second kappa shape index (κ2) is 14.6. The van der Waals surface area contributed by atoms with E-state index in [4.69, 9.17) is 8.75 Å². The first-order chi connectivity index (χ1) is 25.3. The molecule has 0 bridgehead atoms. The molecule has 5 heteroatoms. The van der Waals surface area contributed by atoms with Crippen LogP contribution in [0.25, 0.3) is 23.2 Å². The Balaban J connectivity index is 1.27. The van der Waals surface area contributed by atoms with Crippen LogP contribution in [0.2, 0.25) is 0 Å². The van der Waals surface area contributed by atoms with Crippen LogP contribution in [0.3, 0.4) is 0 Å². The average Bonchev–Trinajstić information content (AvgIpc) is 3.72.